The van der Waals surface area contributed by atoms with Crippen molar-refractivity contribution in [3.05, 3.63) is 44.0 Å². The van der Waals surface area contributed by atoms with Gasteiger partial charge in [-0.1, -0.05) is 0 Å². The van der Waals surface area contributed by atoms with E-state index in [9.17, 15) is 14.9 Å². The number of fused-ring (bicyclic) bond motifs is 1. The first-order chi connectivity index (χ1) is 9.24. The molecule has 0 atom stereocenters. The Morgan fingerprint density at radius 1 is 1.42 bits per heavy atom. The molecule has 0 saturated heterocycles. The van der Waals surface area contributed by atoms with Gasteiger partial charge in [-0.2, -0.15) is 5.26 Å². The van der Waals surface area contributed by atoms with Crippen molar-refractivity contribution in [1.82, 2.24) is 4.57 Å². The zero-order valence-electron chi connectivity index (χ0n) is 10.0. The Hall–Kier alpha value is -2.19. The molecule has 0 saturated carbocycles. The van der Waals surface area contributed by atoms with Gasteiger partial charge in [0.2, 0.25) is 0 Å². The second kappa shape index (κ2) is 4.48. The van der Waals surface area contributed by atoms with Crippen LogP contribution in [0.2, 0.25) is 0 Å². The molecule has 3 heterocycles. The number of nitrogens with zero attached hydrogens (tertiary/aromatic N) is 2. The van der Waals surface area contributed by atoms with Crippen LogP contribution in [0, 0.1) is 11.3 Å². The highest BCUT2D eigenvalue weighted by Crippen LogP contribution is 2.26. The maximum Gasteiger partial charge on any atom is 0.258 e. The van der Waals surface area contributed by atoms with Gasteiger partial charge in [-0.25, -0.2) is 0 Å². The van der Waals surface area contributed by atoms with Gasteiger partial charge in [0.25, 0.3) is 5.56 Å². The first-order valence-electron chi connectivity index (χ1n) is 5.95. The Morgan fingerprint density at radius 2 is 2.26 bits per heavy atom. The van der Waals surface area contributed by atoms with Crippen LogP contribution in [0.4, 0.5) is 0 Å². The summed E-state index contributed by atoms with van der Waals surface area (Å²) in [5.41, 5.74) is 2.55. The monoisotopic (exact) mass is 270 g/mol. The van der Waals surface area contributed by atoms with Gasteiger partial charge in [0.05, 0.1) is 10.4 Å². The van der Waals surface area contributed by atoms with E-state index in [4.69, 9.17) is 0 Å². The SMILES string of the molecule is N#Cc1cc(-c2csc(C=O)c2)c(=O)n2c1CCC2. The number of nitriles is 1. The predicted molar refractivity (Wildman–Crippen MR) is 72.4 cm³/mol. The minimum Gasteiger partial charge on any atom is -0.311 e. The zero-order valence-corrected chi connectivity index (χ0v) is 10.9. The predicted octanol–water partition coefficient (Wildman–Crippen LogP) is 2.21. The fraction of sp³-hybridized carbons (Fsp3) is 0.214. The summed E-state index contributed by atoms with van der Waals surface area (Å²) in [5.74, 6) is 0. The summed E-state index contributed by atoms with van der Waals surface area (Å²) in [7, 11) is 0. The Kier molecular flexibility index (Phi) is 2.80. The molecule has 0 aromatic carbocycles. The van der Waals surface area contributed by atoms with Crippen molar-refractivity contribution >= 4 is 17.6 Å². The Balaban J connectivity index is 2.25. The smallest absolute Gasteiger partial charge is 0.258 e. The van der Waals surface area contributed by atoms with Crippen LogP contribution in [0.5, 0.6) is 0 Å². The van der Waals surface area contributed by atoms with E-state index in [1.807, 2.05) is 0 Å². The molecule has 94 valence electrons. The van der Waals surface area contributed by atoms with Crippen LogP contribution in [0.3, 0.4) is 0 Å². The molecule has 2 aromatic rings. The maximum absolute atomic E-state index is 12.4. The van der Waals surface area contributed by atoms with Gasteiger partial charge in [0.1, 0.15) is 6.07 Å². The second-order valence-corrected chi connectivity index (χ2v) is 5.39. The molecular formula is C14H10N2O2S. The Bertz CT molecular complexity index is 765. The number of hydrogen-bond donors (Lipinski definition) is 0. The van der Waals surface area contributed by atoms with Crippen molar-refractivity contribution in [1.29, 1.82) is 5.26 Å². The highest BCUT2D eigenvalue weighted by molar-refractivity contribution is 7.12. The average molecular weight is 270 g/mol. The van der Waals surface area contributed by atoms with Crippen molar-refractivity contribution in [2.45, 2.75) is 19.4 Å². The first kappa shape index (κ1) is 11.9. The lowest BCUT2D eigenvalue weighted by Crippen LogP contribution is -2.22. The first-order valence-corrected chi connectivity index (χ1v) is 6.83. The molecule has 0 radical (unpaired) electrons. The molecule has 0 unspecified atom stereocenters. The molecule has 5 heteroatoms. The van der Waals surface area contributed by atoms with Crippen molar-refractivity contribution < 1.29 is 4.79 Å². The van der Waals surface area contributed by atoms with Gasteiger partial charge in [-0.15, -0.1) is 11.3 Å². The average Bonchev–Trinajstić information content (AvgIpc) is 3.08. The fourth-order valence-electron chi connectivity index (χ4n) is 2.47. The zero-order chi connectivity index (χ0) is 13.4. The molecular weight excluding hydrogens is 260 g/mol. The highest BCUT2D eigenvalue weighted by Gasteiger charge is 2.20. The molecule has 4 nitrogen and oxygen atoms in total. The van der Waals surface area contributed by atoms with Crippen LogP contribution in [0.15, 0.2) is 22.3 Å². The van der Waals surface area contributed by atoms with Crippen molar-refractivity contribution in [2.75, 3.05) is 0 Å². The summed E-state index contributed by atoms with van der Waals surface area (Å²) in [4.78, 5) is 23.7. The molecule has 0 N–H and O–H groups in total. The maximum atomic E-state index is 12.4. The quantitative estimate of drug-likeness (QED) is 0.786. The van der Waals surface area contributed by atoms with E-state index in [-0.39, 0.29) is 5.56 Å². The topological polar surface area (TPSA) is 62.9 Å². The molecule has 2 aromatic heterocycles. The third-order valence-electron chi connectivity index (χ3n) is 3.36. The minimum atomic E-state index is -0.0678. The number of aromatic nitrogens is 1. The van der Waals surface area contributed by atoms with Crippen LogP contribution in [-0.4, -0.2) is 10.9 Å². The van der Waals surface area contributed by atoms with Gasteiger partial charge >= 0.3 is 0 Å². The van der Waals surface area contributed by atoms with Crippen LogP contribution in [0.25, 0.3) is 11.1 Å². The largest absolute Gasteiger partial charge is 0.311 e. The number of hydrogen-bond acceptors (Lipinski definition) is 4. The summed E-state index contributed by atoms with van der Waals surface area (Å²) in [6, 6.07) is 5.50. The lowest BCUT2D eigenvalue weighted by molar-refractivity contribution is 0.112. The summed E-state index contributed by atoms with van der Waals surface area (Å²) >= 11 is 1.30. The summed E-state index contributed by atoms with van der Waals surface area (Å²) in [6.07, 6.45) is 2.45. The third kappa shape index (κ3) is 1.81. The number of aldehydes is 1. The van der Waals surface area contributed by atoms with E-state index in [2.05, 4.69) is 6.07 Å². The molecule has 0 amide bonds. The van der Waals surface area contributed by atoms with Crippen molar-refractivity contribution in [3.63, 3.8) is 0 Å². The molecule has 0 bridgehead atoms. The van der Waals surface area contributed by atoms with E-state index in [0.29, 0.717) is 22.5 Å². The van der Waals surface area contributed by atoms with E-state index in [0.717, 1.165) is 30.4 Å². The van der Waals surface area contributed by atoms with E-state index >= 15 is 0 Å². The number of carbonyl (C=O) groups excluding carboxylic acids is 1. The summed E-state index contributed by atoms with van der Waals surface area (Å²) in [6.45, 7) is 0.668. The van der Waals surface area contributed by atoms with E-state index in [1.165, 1.54) is 11.3 Å². The van der Waals surface area contributed by atoms with Gasteiger partial charge in [-0.3, -0.25) is 9.59 Å². The normalized spacial score (nSPS) is 13.0. The van der Waals surface area contributed by atoms with Crippen molar-refractivity contribution in [3.8, 4) is 17.2 Å². The van der Waals surface area contributed by atoms with Gasteiger partial charge in [0, 0.05) is 17.8 Å². The molecule has 0 fully saturated rings. The molecule has 0 spiro atoms. The number of carbonyl (C=O) groups is 1. The molecule has 1 aliphatic rings. The van der Waals surface area contributed by atoms with E-state index < -0.39 is 0 Å². The number of thiophene rings is 1. The van der Waals surface area contributed by atoms with Gasteiger partial charge < -0.3 is 4.57 Å². The molecule has 1 aliphatic heterocycles. The number of rotatable bonds is 2. The summed E-state index contributed by atoms with van der Waals surface area (Å²) in [5, 5.41) is 11.0. The van der Waals surface area contributed by atoms with Gasteiger partial charge in [0.15, 0.2) is 6.29 Å². The van der Waals surface area contributed by atoms with Crippen LogP contribution >= 0.6 is 11.3 Å². The van der Waals surface area contributed by atoms with Crippen LogP contribution < -0.4 is 5.56 Å². The molecule has 3 rings (SSSR count). The third-order valence-corrected chi connectivity index (χ3v) is 4.22. The van der Waals surface area contributed by atoms with Crippen LogP contribution in [-0.2, 0) is 13.0 Å². The minimum absolute atomic E-state index is 0.0678. The van der Waals surface area contributed by atoms with Crippen molar-refractivity contribution in [2.24, 2.45) is 0 Å². The second-order valence-electron chi connectivity index (χ2n) is 4.45. The Morgan fingerprint density at radius 3 is 2.95 bits per heavy atom. The lowest BCUT2D eigenvalue weighted by Gasteiger charge is -2.07. The molecule has 19 heavy (non-hydrogen) atoms. The number of pyridine rings is 1. The standard InChI is InChI=1S/C14H10N2O2S/c15-6-9-5-12(10-4-11(7-17)19-8-10)14(18)16-3-1-2-13(9)16/h4-5,7-8H,1-3H2. The van der Waals surface area contributed by atoms with Crippen LogP contribution in [0.1, 0.15) is 27.3 Å². The van der Waals surface area contributed by atoms with E-state index in [1.54, 1.807) is 22.1 Å². The molecule has 0 aliphatic carbocycles. The lowest BCUT2D eigenvalue weighted by atomic mass is 10.1. The summed E-state index contributed by atoms with van der Waals surface area (Å²) < 4.78 is 1.69. The Labute approximate surface area is 113 Å². The highest BCUT2D eigenvalue weighted by atomic mass is 32.1. The van der Waals surface area contributed by atoms with Gasteiger partial charge in [-0.05, 0) is 35.9 Å². The fourth-order valence-corrected chi connectivity index (χ4v) is 3.18.